The molecular formula is C44H30N4O2. The summed E-state index contributed by atoms with van der Waals surface area (Å²) < 4.78 is 13.1. The van der Waals surface area contributed by atoms with Gasteiger partial charge < -0.3 is 28.4 Å². The van der Waals surface area contributed by atoms with E-state index in [0.717, 1.165) is 101 Å². The predicted octanol–water partition coefficient (Wildman–Crippen LogP) is 12.6. The first-order valence-corrected chi connectivity index (χ1v) is 16.9. The van der Waals surface area contributed by atoms with Gasteiger partial charge in [-0.25, -0.2) is 0 Å². The lowest BCUT2D eigenvalue weighted by atomic mass is 10.0. The molecule has 238 valence electrons. The smallest absolute Gasteiger partial charge is 0.136 e. The summed E-state index contributed by atoms with van der Waals surface area (Å²) in [6, 6.07) is 51.5. The average molecular weight is 647 g/mol. The van der Waals surface area contributed by atoms with Gasteiger partial charge in [-0.2, -0.15) is 0 Å². The highest BCUT2D eigenvalue weighted by Gasteiger charge is 2.29. The topological polar surface area (TPSA) is 39.2 Å². The van der Waals surface area contributed by atoms with Crippen LogP contribution in [0, 0.1) is 0 Å². The van der Waals surface area contributed by atoms with Gasteiger partial charge in [-0.05, 0) is 97.1 Å². The zero-order chi connectivity index (χ0) is 33.1. The van der Waals surface area contributed by atoms with Gasteiger partial charge in [-0.1, -0.05) is 48.5 Å². The summed E-state index contributed by atoms with van der Waals surface area (Å²) in [5, 5.41) is 4.18. The SMILES string of the molecule is CN1c2ccccc2N(c2ccc3oc4cc5c(cc4c3c2)oc2ccc(N3c4ccccc4N(C)c4ccccc43)cc25)c2ccccc21. The first-order chi connectivity index (χ1) is 24.6. The number of nitrogens with zero attached hydrogens (tertiary/aromatic N) is 4. The van der Waals surface area contributed by atoms with Crippen LogP contribution in [-0.4, -0.2) is 14.1 Å². The molecule has 11 rings (SSSR count). The number of anilines is 10. The number of hydrogen-bond donors (Lipinski definition) is 0. The third-order valence-corrected chi connectivity index (χ3v) is 10.5. The average Bonchev–Trinajstić information content (AvgIpc) is 3.71. The predicted molar refractivity (Wildman–Crippen MR) is 206 cm³/mol. The second kappa shape index (κ2) is 9.94. The van der Waals surface area contributed by atoms with Crippen molar-refractivity contribution in [3.05, 3.63) is 146 Å². The van der Waals surface area contributed by atoms with Crippen LogP contribution in [0.5, 0.6) is 0 Å². The number of furan rings is 2. The summed E-state index contributed by atoms with van der Waals surface area (Å²) >= 11 is 0. The van der Waals surface area contributed by atoms with Crippen molar-refractivity contribution in [2.45, 2.75) is 0 Å². The Morgan fingerprint density at radius 3 is 0.960 bits per heavy atom. The first-order valence-electron chi connectivity index (χ1n) is 16.9. The van der Waals surface area contributed by atoms with E-state index < -0.39 is 0 Å². The molecule has 0 atom stereocenters. The number of para-hydroxylation sites is 8. The Morgan fingerprint density at radius 2 is 0.620 bits per heavy atom. The fourth-order valence-electron chi connectivity index (χ4n) is 8.12. The van der Waals surface area contributed by atoms with Gasteiger partial charge in [-0.15, -0.1) is 0 Å². The quantitative estimate of drug-likeness (QED) is 0.186. The van der Waals surface area contributed by atoms with Gasteiger partial charge in [0.2, 0.25) is 0 Å². The van der Waals surface area contributed by atoms with E-state index in [-0.39, 0.29) is 0 Å². The molecule has 2 aliphatic heterocycles. The Hall–Kier alpha value is -6.66. The van der Waals surface area contributed by atoms with Crippen molar-refractivity contribution in [1.82, 2.24) is 0 Å². The molecule has 6 nitrogen and oxygen atoms in total. The monoisotopic (exact) mass is 646 g/mol. The van der Waals surface area contributed by atoms with E-state index in [4.69, 9.17) is 8.83 Å². The van der Waals surface area contributed by atoms with E-state index in [9.17, 15) is 0 Å². The van der Waals surface area contributed by atoms with Crippen LogP contribution in [0.3, 0.4) is 0 Å². The van der Waals surface area contributed by atoms with Crippen LogP contribution in [0.25, 0.3) is 43.9 Å². The summed E-state index contributed by atoms with van der Waals surface area (Å²) in [5.41, 5.74) is 14.7. The van der Waals surface area contributed by atoms with Crippen LogP contribution in [0.4, 0.5) is 56.9 Å². The minimum absolute atomic E-state index is 0.840. The lowest BCUT2D eigenvalue weighted by molar-refractivity contribution is 0.664. The summed E-state index contributed by atoms with van der Waals surface area (Å²) in [6.07, 6.45) is 0. The maximum atomic E-state index is 6.54. The minimum atomic E-state index is 0.840. The highest BCUT2D eigenvalue weighted by molar-refractivity contribution is 6.16. The summed E-state index contributed by atoms with van der Waals surface area (Å²) in [4.78, 5) is 9.22. The van der Waals surface area contributed by atoms with Crippen molar-refractivity contribution in [1.29, 1.82) is 0 Å². The Bertz CT molecular complexity index is 2560. The largest absolute Gasteiger partial charge is 0.456 e. The Balaban J connectivity index is 1.07. The molecule has 6 heteroatoms. The molecule has 0 fully saturated rings. The van der Waals surface area contributed by atoms with E-state index in [1.807, 2.05) is 0 Å². The van der Waals surface area contributed by atoms with Gasteiger partial charge in [0.1, 0.15) is 22.3 Å². The highest BCUT2D eigenvalue weighted by Crippen LogP contribution is 2.53. The zero-order valence-corrected chi connectivity index (χ0v) is 27.5. The van der Waals surface area contributed by atoms with Crippen LogP contribution < -0.4 is 19.6 Å². The molecule has 0 spiro atoms. The zero-order valence-electron chi connectivity index (χ0n) is 27.5. The van der Waals surface area contributed by atoms with Gasteiger partial charge in [-0.3, -0.25) is 0 Å². The van der Waals surface area contributed by atoms with Crippen molar-refractivity contribution in [2.75, 3.05) is 33.7 Å². The Labute approximate surface area is 288 Å². The van der Waals surface area contributed by atoms with Crippen LogP contribution >= 0.6 is 0 Å². The molecule has 2 aliphatic rings. The van der Waals surface area contributed by atoms with E-state index in [0.29, 0.717) is 0 Å². The van der Waals surface area contributed by atoms with E-state index in [2.05, 4.69) is 179 Å². The molecule has 0 bridgehead atoms. The van der Waals surface area contributed by atoms with Crippen molar-refractivity contribution < 1.29 is 8.83 Å². The molecule has 0 amide bonds. The summed E-state index contributed by atoms with van der Waals surface area (Å²) in [5.74, 6) is 0. The molecular weight excluding hydrogens is 617 g/mol. The van der Waals surface area contributed by atoms with Crippen LogP contribution in [0.1, 0.15) is 0 Å². The van der Waals surface area contributed by atoms with Crippen molar-refractivity contribution in [2.24, 2.45) is 0 Å². The van der Waals surface area contributed by atoms with E-state index >= 15 is 0 Å². The second-order valence-electron chi connectivity index (χ2n) is 13.2. The number of rotatable bonds is 2. The summed E-state index contributed by atoms with van der Waals surface area (Å²) in [7, 11) is 4.26. The maximum Gasteiger partial charge on any atom is 0.136 e. The molecule has 7 aromatic carbocycles. The number of hydrogen-bond acceptors (Lipinski definition) is 6. The first kappa shape index (κ1) is 27.3. The Kier molecular flexibility index (Phi) is 5.43. The van der Waals surface area contributed by atoms with Crippen molar-refractivity contribution in [3.63, 3.8) is 0 Å². The second-order valence-corrected chi connectivity index (χ2v) is 13.2. The molecule has 0 aliphatic carbocycles. The lowest BCUT2D eigenvalue weighted by Crippen LogP contribution is -2.23. The maximum absolute atomic E-state index is 6.54. The van der Waals surface area contributed by atoms with E-state index in [1.54, 1.807) is 0 Å². The van der Waals surface area contributed by atoms with E-state index in [1.165, 1.54) is 0 Å². The fourth-order valence-corrected chi connectivity index (χ4v) is 8.12. The fraction of sp³-hybridized carbons (Fsp3) is 0.0455. The van der Waals surface area contributed by atoms with Crippen LogP contribution in [0.15, 0.2) is 154 Å². The van der Waals surface area contributed by atoms with Gasteiger partial charge in [0.05, 0.1) is 45.5 Å². The van der Waals surface area contributed by atoms with Crippen molar-refractivity contribution >= 4 is 101 Å². The molecule has 0 radical (unpaired) electrons. The van der Waals surface area contributed by atoms with Gasteiger partial charge in [0.15, 0.2) is 0 Å². The molecule has 4 heterocycles. The molecule has 0 unspecified atom stereocenters. The van der Waals surface area contributed by atoms with Gasteiger partial charge >= 0.3 is 0 Å². The normalized spacial score (nSPS) is 13.6. The van der Waals surface area contributed by atoms with Gasteiger partial charge in [0, 0.05) is 47.0 Å². The third-order valence-electron chi connectivity index (χ3n) is 10.5. The molecule has 50 heavy (non-hydrogen) atoms. The number of fused-ring (bicyclic) bond motifs is 10. The third kappa shape index (κ3) is 3.67. The van der Waals surface area contributed by atoms with Crippen LogP contribution in [-0.2, 0) is 0 Å². The van der Waals surface area contributed by atoms with Crippen molar-refractivity contribution in [3.8, 4) is 0 Å². The van der Waals surface area contributed by atoms with Crippen LogP contribution in [0.2, 0.25) is 0 Å². The molecule has 0 saturated carbocycles. The molecule has 9 aromatic rings. The Morgan fingerprint density at radius 1 is 0.320 bits per heavy atom. The number of benzene rings is 7. The van der Waals surface area contributed by atoms with Gasteiger partial charge in [0.25, 0.3) is 0 Å². The lowest BCUT2D eigenvalue weighted by Gasteiger charge is -2.38. The highest BCUT2D eigenvalue weighted by atomic mass is 16.3. The molecule has 0 saturated heterocycles. The standard InChI is InChI=1S/C44H30N4O2/c1-45-33-11-3-7-15-37(33)47(38-16-8-4-12-34(38)45)27-19-21-41-29(23-27)31-25-44-32(26-43(31)49-41)30-24-28(20-22-42(30)50-44)48-39-17-9-5-13-35(39)46(2)36-14-6-10-18-40(36)48/h3-26H,1-2H3. The summed E-state index contributed by atoms with van der Waals surface area (Å²) in [6.45, 7) is 0. The minimum Gasteiger partial charge on any atom is -0.456 e. The molecule has 2 aromatic heterocycles. The molecule has 0 N–H and O–H groups in total.